The zero-order valence-corrected chi connectivity index (χ0v) is 17.2. The molecule has 0 radical (unpaired) electrons. The number of hydrogen-bond donors (Lipinski definition) is 2. The number of benzene rings is 2. The van der Waals surface area contributed by atoms with E-state index in [1.165, 1.54) is 19.2 Å². The molecule has 8 heteroatoms. The van der Waals surface area contributed by atoms with Crippen LogP contribution in [0.25, 0.3) is 0 Å². The number of carbonyl (C=O) groups excluding carboxylic acids is 1. The molecule has 1 unspecified atom stereocenters. The Hall–Kier alpha value is -2.42. The van der Waals surface area contributed by atoms with Gasteiger partial charge in [-0.3, -0.25) is 4.79 Å². The third kappa shape index (κ3) is 5.79. The number of amides is 1. The van der Waals surface area contributed by atoms with E-state index < -0.39 is 16.1 Å². The van der Waals surface area contributed by atoms with Crippen LogP contribution in [0, 0.1) is 5.92 Å². The van der Waals surface area contributed by atoms with E-state index in [9.17, 15) is 13.2 Å². The maximum Gasteiger partial charge on any atom is 0.240 e. The highest BCUT2D eigenvalue weighted by atomic mass is 32.2. The molecule has 0 bridgehead atoms. The van der Waals surface area contributed by atoms with Gasteiger partial charge in [0.1, 0.15) is 5.75 Å². The summed E-state index contributed by atoms with van der Waals surface area (Å²) in [6.07, 6.45) is -0.463. The van der Waals surface area contributed by atoms with Gasteiger partial charge in [-0.15, -0.1) is 0 Å². The number of ether oxygens (including phenoxy) is 2. The van der Waals surface area contributed by atoms with Gasteiger partial charge in [0.05, 0.1) is 18.1 Å². The van der Waals surface area contributed by atoms with Crippen molar-refractivity contribution in [3.8, 4) is 5.75 Å². The van der Waals surface area contributed by atoms with Gasteiger partial charge in [0.15, 0.2) is 0 Å². The fourth-order valence-corrected chi connectivity index (χ4v) is 3.48. The maximum atomic E-state index is 12.6. The summed E-state index contributed by atoms with van der Waals surface area (Å²) in [5.41, 5.74) is 1.35. The minimum absolute atomic E-state index is 0.0673. The Kier molecular flexibility index (Phi) is 7.56. The number of methoxy groups -OCH3 is 2. The van der Waals surface area contributed by atoms with Crippen molar-refractivity contribution in [1.82, 2.24) is 4.72 Å². The SMILES string of the molecule is COc1cccc(C(CNS(=O)(=O)c2ccc(NC(=O)C(C)C)cc2)OC)c1. The Balaban J connectivity index is 2.06. The molecule has 0 heterocycles. The molecule has 2 aromatic carbocycles. The normalized spacial score (nSPS) is 12.6. The number of hydrogen-bond acceptors (Lipinski definition) is 5. The third-order valence-electron chi connectivity index (χ3n) is 4.17. The number of sulfonamides is 1. The second-order valence-electron chi connectivity index (χ2n) is 6.52. The standard InChI is InChI=1S/C20H26N2O5S/c1-14(2)20(23)22-16-8-10-18(11-9-16)28(24,25)21-13-19(27-4)15-6-5-7-17(12-15)26-3/h5-12,14,19,21H,13H2,1-4H3,(H,22,23). The molecule has 1 atom stereocenters. The lowest BCUT2D eigenvalue weighted by Crippen LogP contribution is -2.29. The van der Waals surface area contributed by atoms with Gasteiger partial charge < -0.3 is 14.8 Å². The lowest BCUT2D eigenvalue weighted by Gasteiger charge is -2.17. The minimum atomic E-state index is -3.72. The first kappa shape index (κ1) is 21.9. The first-order chi connectivity index (χ1) is 13.3. The summed E-state index contributed by atoms with van der Waals surface area (Å²) in [5, 5.41) is 2.73. The number of anilines is 1. The van der Waals surface area contributed by atoms with Crippen LogP contribution >= 0.6 is 0 Å². The van der Waals surface area contributed by atoms with Gasteiger partial charge >= 0.3 is 0 Å². The summed E-state index contributed by atoms with van der Waals surface area (Å²) in [5.74, 6) is 0.379. The van der Waals surface area contributed by atoms with Gasteiger partial charge in [0, 0.05) is 25.3 Å². The van der Waals surface area contributed by atoms with Gasteiger partial charge in [-0.25, -0.2) is 13.1 Å². The molecule has 2 aromatic rings. The Morgan fingerprint density at radius 3 is 2.32 bits per heavy atom. The number of carbonyl (C=O) groups is 1. The largest absolute Gasteiger partial charge is 0.497 e. The van der Waals surface area contributed by atoms with Crippen LogP contribution in [0.3, 0.4) is 0 Å². The van der Waals surface area contributed by atoms with E-state index in [2.05, 4.69) is 10.0 Å². The predicted octanol–water partition coefficient (Wildman–Crippen LogP) is 2.96. The molecule has 0 saturated heterocycles. The molecule has 152 valence electrons. The molecule has 0 saturated carbocycles. The number of nitrogens with one attached hydrogen (secondary N) is 2. The molecule has 0 aliphatic carbocycles. The van der Waals surface area contributed by atoms with Gasteiger partial charge in [-0.2, -0.15) is 0 Å². The van der Waals surface area contributed by atoms with Gasteiger partial charge in [-0.05, 0) is 42.0 Å². The summed E-state index contributed by atoms with van der Waals surface area (Å²) in [7, 11) is -0.640. The maximum absolute atomic E-state index is 12.6. The van der Waals surface area contributed by atoms with Crippen LogP contribution in [-0.4, -0.2) is 35.1 Å². The highest BCUT2D eigenvalue weighted by molar-refractivity contribution is 7.89. The predicted molar refractivity (Wildman–Crippen MR) is 108 cm³/mol. The monoisotopic (exact) mass is 406 g/mol. The first-order valence-electron chi connectivity index (χ1n) is 8.84. The Labute approximate surface area is 166 Å². The molecule has 28 heavy (non-hydrogen) atoms. The highest BCUT2D eigenvalue weighted by Gasteiger charge is 2.18. The van der Waals surface area contributed by atoms with Crippen molar-refractivity contribution in [3.63, 3.8) is 0 Å². The highest BCUT2D eigenvalue weighted by Crippen LogP contribution is 2.22. The van der Waals surface area contributed by atoms with Crippen LogP contribution in [0.5, 0.6) is 5.75 Å². The average molecular weight is 407 g/mol. The van der Waals surface area contributed by atoms with Crippen LogP contribution in [0.2, 0.25) is 0 Å². The van der Waals surface area contributed by atoms with Crippen LogP contribution in [-0.2, 0) is 19.6 Å². The van der Waals surface area contributed by atoms with Crippen molar-refractivity contribution >= 4 is 21.6 Å². The lowest BCUT2D eigenvalue weighted by atomic mass is 10.1. The molecule has 0 fully saturated rings. The van der Waals surface area contributed by atoms with Crippen molar-refractivity contribution in [3.05, 3.63) is 54.1 Å². The summed E-state index contributed by atoms with van der Waals surface area (Å²) in [4.78, 5) is 11.8. The average Bonchev–Trinajstić information content (AvgIpc) is 2.69. The zero-order chi connectivity index (χ0) is 20.7. The van der Waals surface area contributed by atoms with E-state index in [1.54, 1.807) is 45.2 Å². The fraction of sp³-hybridized carbons (Fsp3) is 0.350. The molecule has 0 aliphatic heterocycles. The van der Waals surface area contributed by atoms with Crippen molar-refractivity contribution in [2.24, 2.45) is 5.92 Å². The summed E-state index contributed by atoms with van der Waals surface area (Å²) in [6.45, 7) is 3.64. The van der Waals surface area contributed by atoms with Crippen LogP contribution in [0.4, 0.5) is 5.69 Å². The second kappa shape index (κ2) is 9.68. The smallest absolute Gasteiger partial charge is 0.240 e. The molecule has 0 aromatic heterocycles. The van der Waals surface area contributed by atoms with Crippen molar-refractivity contribution < 1.29 is 22.7 Å². The Morgan fingerprint density at radius 1 is 1.07 bits per heavy atom. The third-order valence-corrected chi connectivity index (χ3v) is 5.60. The van der Waals surface area contributed by atoms with Crippen molar-refractivity contribution in [2.45, 2.75) is 24.8 Å². The Bertz CT molecular complexity index is 895. The fourth-order valence-electron chi connectivity index (χ4n) is 2.45. The van der Waals surface area contributed by atoms with E-state index in [0.29, 0.717) is 11.4 Å². The summed E-state index contributed by atoms with van der Waals surface area (Å²) >= 11 is 0. The minimum Gasteiger partial charge on any atom is -0.497 e. The summed E-state index contributed by atoms with van der Waals surface area (Å²) in [6, 6.07) is 13.3. The number of rotatable bonds is 9. The van der Waals surface area contributed by atoms with Crippen LogP contribution in [0.1, 0.15) is 25.5 Å². The molecular weight excluding hydrogens is 380 g/mol. The van der Waals surface area contributed by atoms with Crippen molar-refractivity contribution in [1.29, 1.82) is 0 Å². The van der Waals surface area contributed by atoms with Crippen LogP contribution < -0.4 is 14.8 Å². The van der Waals surface area contributed by atoms with E-state index in [0.717, 1.165) is 5.56 Å². The first-order valence-corrected chi connectivity index (χ1v) is 10.3. The quantitative estimate of drug-likeness (QED) is 0.668. The summed E-state index contributed by atoms with van der Waals surface area (Å²) < 4.78 is 38.3. The van der Waals surface area contributed by atoms with Crippen molar-refractivity contribution in [2.75, 3.05) is 26.1 Å². The van der Waals surface area contributed by atoms with E-state index >= 15 is 0 Å². The van der Waals surface area contributed by atoms with E-state index in [-0.39, 0.29) is 23.3 Å². The molecule has 2 N–H and O–H groups in total. The van der Waals surface area contributed by atoms with E-state index in [4.69, 9.17) is 9.47 Å². The lowest BCUT2D eigenvalue weighted by molar-refractivity contribution is -0.118. The van der Waals surface area contributed by atoms with Gasteiger partial charge in [0.2, 0.25) is 15.9 Å². The molecule has 1 amide bonds. The van der Waals surface area contributed by atoms with Gasteiger partial charge in [0.25, 0.3) is 0 Å². The van der Waals surface area contributed by atoms with E-state index in [1.807, 2.05) is 12.1 Å². The zero-order valence-electron chi connectivity index (χ0n) is 16.4. The topological polar surface area (TPSA) is 93.7 Å². The molecule has 2 rings (SSSR count). The molecular formula is C20H26N2O5S. The molecule has 0 spiro atoms. The second-order valence-corrected chi connectivity index (χ2v) is 8.29. The van der Waals surface area contributed by atoms with Gasteiger partial charge in [-0.1, -0.05) is 26.0 Å². The van der Waals surface area contributed by atoms with Crippen LogP contribution in [0.15, 0.2) is 53.4 Å². The molecule has 7 nitrogen and oxygen atoms in total. The Morgan fingerprint density at radius 2 is 1.75 bits per heavy atom. The molecule has 0 aliphatic rings.